The molecule has 170 valence electrons. The molecule has 5 rings (SSSR count). The maximum absolute atomic E-state index is 13.4. The summed E-state index contributed by atoms with van der Waals surface area (Å²) in [6, 6.07) is 21.1. The van der Waals surface area contributed by atoms with Crippen LogP contribution in [0.15, 0.2) is 89.0 Å². The third-order valence-corrected chi connectivity index (χ3v) is 6.75. The molecule has 0 radical (unpaired) electrons. The molecule has 0 aliphatic carbocycles. The van der Waals surface area contributed by atoms with E-state index in [0.717, 1.165) is 16.5 Å². The third kappa shape index (κ3) is 3.40. The van der Waals surface area contributed by atoms with E-state index < -0.39 is 17.7 Å². The Labute approximate surface area is 204 Å². The minimum Gasteiger partial charge on any atom is -0.507 e. The first-order valence-electron chi connectivity index (χ1n) is 10.7. The second-order valence-corrected chi connectivity index (χ2v) is 8.92. The molecule has 1 amide bonds. The average Bonchev–Trinajstić information content (AvgIpc) is 3.32. The van der Waals surface area contributed by atoms with Crippen molar-refractivity contribution in [1.82, 2.24) is 4.57 Å². The van der Waals surface area contributed by atoms with Gasteiger partial charge in [-0.25, -0.2) is 0 Å². The number of hydrogen-bond acceptors (Lipinski definition) is 4. The highest BCUT2D eigenvalue weighted by Gasteiger charge is 2.47. The van der Waals surface area contributed by atoms with Crippen LogP contribution in [0.3, 0.4) is 0 Å². The highest BCUT2D eigenvalue weighted by molar-refractivity contribution is 9.10. The van der Waals surface area contributed by atoms with Crippen molar-refractivity contribution in [2.24, 2.45) is 7.05 Å². The summed E-state index contributed by atoms with van der Waals surface area (Å²) in [6.07, 6.45) is 1.91. The lowest BCUT2D eigenvalue weighted by molar-refractivity contribution is -0.132. The van der Waals surface area contributed by atoms with E-state index in [0.29, 0.717) is 21.5 Å². The number of anilines is 1. The molecule has 1 aromatic heterocycles. The maximum Gasteiger partial charge on any atom is 0.300 e. The van der Waals surface area contributed by atoms with Crippen LogP contribution in [0.4, 0.5) is 5.69 Å². The van der Waals surface area contributed by atoms with Gasteiger partial charge in [0.05, 0.1) is 23.2 Å². The van der Waals surface area contributed by atoms with Crippen LogP contribution in [-0.4, -0.2) is 28.5 Å². The number of methoxy groups -OCH3 is 1. The van der Waals surface area contributed by atoms with Crippen LogP contribution in [0, 0.1) is 0 Å². The Morgan fingerprint density at radius 1 is 1.00 bits per heavy atom. The average molecular weight is 517 g/mol. The lowest BCUT2D eigenvalue weighted by Crippen LogP contribution is -2.29. The molecular formula is C27H21BrN2O4. The van der Waals surface area contributed by atoms with Gasteiger partial charge < -0.3 is 14.4 Å². The molecular weight excluding hydrogens is 496 g/mol. The molecule has 34 heavy (non-hydrogen) atoms. The highest BCUT2D eigenvalue weighted by Crippen LogP contribution is 2.45. The number of ether oxygens (including phenoxy) is 1. The highest BCUT2D eigenvalue weighted by atomic mass is 79.9. The summed E-state index contributed by atoms with van der Waals surface area (Å²) in [6.45, 7) is 0. The molecule has 1 saturated heterocycles. The van der Waals surface area contributed by atoms with Gasteiger partial charge in [0.25, 0.3) is 11.7 Å². The number of fused-ring (bicyclic) bond motifs is 1. The van der Waals surface area contributed by atoms with E-state index in [4.69, 9.17) is 4.74 Å². The fourth-order valence-corrected chi connectivity index (χ4v) is 5.08. The maximum atomic E-state index is 13.4. The topological polar surface area (TPSA) is 71.8 Å². The Hall–Kier alpha value is -3.84. The number of benzene rings is 3. The minimum atomic E-state index is -0.797. The number of rotatable bonds is 4. The van der Waals surface area contributed by atoms with Gasteiger partial charge in [-0.3, -0.25) is 14.5 Å². The number of aliphatic hydroxyl groups is 1. The van der Waals surface area contributed by atoms with Gasteiger partial charge in [-0.2, -0.15) is 0 Å². The number of ketones is 1. The Bertz CT molecular complexity index is 1470. The number of halogens is 1. The first kappa shape index (κ1) is 22.0. The zero-order chi connectivity index (χ0) is 24.0. The smallest absolute Gasteiger partial charge is 0.300 e. The summed E-state index contributed by atoms with van der Waals surface area (Å²) in [7, 11) is 3.46. The van der Waals surface area contributed by atoms with Crippen molar-refractivity contribution in [2.75, 3.05) is 12.0 Å². The van der Waals surface area contributed by atoms with Crippen LogP contribution in [0.2, 0.25) is 0 Å². The zero-order valence-electron chi connectivity index (χ0n) is 18.5. The van der Waals surface area contributed by atoms with Gasteiger partial charge in [0.2, 0.25) is 0 Å². The number of carbonyl (C=O) groups is 2. The van der Waals surface area contributed by atoms with Gasteiger partial charge in [0.15, 0.2) is 0 Å². The van der Waals surface area contributed by atoms with Crippen molar-refractivity contribution in [1.29, 1.82) is 0 Å². The van der Waals surface area contributed by atoms with Gasteiger partial charge in [0, 0.05) is 41.0 Å². The molecule has 1 aliphatic heterocycles. The summed E-state index contributed by atoms with van der Waals surface area (Å²) >= 11 is 3.43. The van der Waals surface area contributed by atoms with Crippen LogP contribution in [0.25, 0.3) is 16.7 Å². The quantitative estimate of drug-likeness (QED) is 0.218. The zero-order valence-corrected chi connectivity index (χ0v) is 20.1. The van der Waals surface area contributed by atoms with Gasteiger partial charge in [-0.1, -0.05) is 36.4 Å². The Kier molecular flexibility index (Phi) is 5.49. The number of aryl methyl sites for hydroxylation is 1. The summed E-state index contributed by atoms with van der Waals surface area (Å²) in [5, 5.41) is 12.3. The Morgan fingerprint density at radius 3 is 2.41 bits per heavy atom. The van der Waals surface area contributed by atoms with Crippen LogP contribution < -0.4 is 9.64 Å². The molecule has 7 heteroatoms. The van der Waals surface area contributed by atoms with E-state index in [9.17, 15) is 14.7 Å². The Balaban J connectivity index is 1.79. The number of carbonyl (C=O) groups excluding carboxylic acids is 2. The number of nitrogens with zero attached hydrogens (tertiary/aromatic N) is 2. The number of aliphatic hydroxyl groups excluding tert-OH is 1. The molecule has 3 aromatic carbocycles. The summed E-state index contributed by atoms with van der Waals surface area (Å²) < 4.78 is 7.86. The van der Waals surface area contributed by atoms with Gasteiger partial charge in [0.1, 0.15) is 11.5 Å². The molecule has 6 nitrogen and oxygen atoms in total. The van der Waals surface area contributed by atoms with Crippen molar-refractivity contribution in [3.63, 3.8) is 0 Å². The van der Waals surface area contributed by atoms with Gasteiger partial charge in [-0.15, -0.1) is 0 Å². The van der Waals surface area contributed by atoms with Crippen molar-refractivity contribution in [3.05, 3.63) is 100 Å². The van der Waals surface area contributed by atoms with E-state index in [-0.39, 0.29) is 11.3 Å². The van der Waals surface area contributed by atoms with Gasteiger partial charge >= 0.3 is 0 Å². The van der Waals surface area contributed by atoms with Crippen LogP contribution in [0.5, 0.6) is 5.75 Å². The number of aromatic nitrogens is 1. The molecule has 4 aromatic rings. The number of para-hydroxylation sites is 2. The van der Waals surface area contributed by atoms with E-state index in [1.165, 1.54) is 4.90 Å². The molecule has 1 fully saturated rings. The second-order valence-electron chi connectivity index (χ2n) is 8.07. The molecule has 0 bridgehead atoms. The number of Topliss-reactive ketones (excluding diaryl/α,β-unsaturated/α-hetero) is 1. The summed E-state index contributed by atoms with van der Waals surface area (Å²) in [5.74, 6) is -1.06. The van der Waals surface area contributed by atoms with Crippen molar-refractivity contribution in [2.45, 2.75) is 6.04 Å². The molecule has 0 spiro atoms. The molecule has 2 heterocycles. The SMILES string of the molecule is COc1ccc(/C(O)=C2\C(=O)C(=O)N(c3ccccc3)C2c2cn(C)c3ccccc23)cc1Br. The van der Waals surface area contributed by atoms with Crippen LogP contribution in [0.1, 0.15) is 17.2 Å². The first-order chi connectivity index (χ1) is 16.4. The van der Waals surface area contributed by atoms with Crippen molar-refractivity contribution in [3.8, 4) is 5.75 Å². The van der Waals surface area contributed by atoms with E-state index >= 15 is 0 Å². The monoisotopic (exact) mass is 516 g/mol. The molecule has 1 atom stereocenters. The molecule has 1 N–H and O–H groups in total. The lowest BCUT2D eigenvalue weighted by Gasteiger charge is -2.25. The fourth-order valence-electron chi connectivity index (χ4n) is 4.54. The van der Waals surface area contributed by atoms with E-state index in [1.807, 2.05) is 60.3 Å². The predicted molar refractivity (Wildman–Crippen MR) is 135 cm³/mol. The van der Waals surface area contributed by atoms with E-state index in [2.05, 4.69) is 15.9 Å². The second kappa shape index (κ2) is 8.50. The van der Waals surface area contributed by atoms with E-state index in [1.54, 1.807) is 37.4 Å². The van der Waals surface area contributed by atoms with Gasteiger partial charge in [-0.05, 0) is 52.3 Å². The van der Waals surface area contributed by atoms with Crippen molar-refractivity contribution < 1.29 is 19.4 Å². The summed E-state index contributed by atoms with van der Waals surface area (Å²) in [4.78, 5) is 28.2. The Morgan fingerprint density at radius 2 is 1.71 bits per heavy atom. The van der Waals surface area contributed by atoms with Crippen LogP contribution in [-0.2, 0) is 16.6 Å². The largest absolute Gasteiger partial charge is 0.507 e. The minimum absolute atomic E-state index is 0.0438. The third-order valence-electron chi connectivity index (χ3n) is 6.13. The summed E-state index contributed by atoms with van der Waals surface area (Å²) in [5.41, 5.74) is 2.75. The first-order valence-corrected chi connectivity index (χ1v) is 11.5. The number of amides is 1. The fraction of sp³-hybridized carbons (Fsp3) is 0.111. The number of hydrogen-bond donors (Lipinski definition) is 1. The molecule has 1 aliphatic rings. The molecule has 0 saturated carbocycles. The van der Waals surface area contributed by atoms with Crippen molar-refractivity contribution >= 4 is 50.0 Å². The van der Waals surface area contributed by atoms with Crippen LogP contribution >= 0.6 is 15.9 Å². The standard InChI is InChI=1S/C27H21BrN2O4/c1-29-15-19(18-10-6-7-11-21(18)29)24-23(25(31)16-12-13-22(34-2)20(28)14-16)26(32)27(33)30(24)17-8-4-3-5-9-17/h3-15,24,31H,1-2H3/b25-23+. The lowest BCUT2D eigenvalue weighted by atomic mass is 9.94. The predicted octanol–water partition coefficient (Wildman–Crippen LogP) is 5.58. The molecule has 1 unspecified atom stereocenters. The normalized spacial score (nSPS) is 17.5.